The molecule has 0 radical (unpaired) electrons. The molecule has 3 heterocycles. The molecule has 1 amide bonds. The number of nitrogens with one attached hydrogen (secondary N) is 1. The molecule has 1 aliphatic carbocycles. The predicted octanol–water partition coefficient (Wildman–Crippen LogP) is 2.56. The molecule has 7 heteroatoms. The van der Waals surface area contributed by atoms with Gasteiger partial charge >= 0.3 is 0 Å². The van der Waals surface area contributed by atoms with Crippen LogP contribution >= 0.6 is 0 Å². The summed E-state index contributed by atoms with van der Waals surface area (Å²) in [5.41, 5.74) is 1.33. The molecule has 0 aromatic carbocycles. The lowest BCUT2D eigenvalue weighted by molar-refractivity contribution is 0.0944. The van der Waals surface area contributed by atoms with Crippen molar-refractivity contribution < 1.29 is 14.3 Å². The van der Waals surface area contributed by atoms with Gasteiger partial charge in [-0.3, -0.25) is 4.79 Å². The summed E-state index contributed by atoms with van der Waals surface area (Å²) in [7, 11) is 0. The van der Waals surface area contributed by atoms with Crippen LogP contribution in [0.2, 0.25) is 0 Å². The number of aromatic nitrogens is 3. The van der Waals surface area contributed by atoms with Crippen LogP contribution in [0.4, 0.5) is 0 Å². The van der Waals surface area contributed by atoms with Crippen LogP contribution in [-0.2, 0) is 13.1 Å². The van der Waals surface area contributed by atoms with Gasteiger partial charge in [-0.25, -0.2) is 9.67 Å². The zero-order valence-corrected chi connectivity index (χ0v) is 15.0. The number of rotatable bonds is 5. The van der Waals surface area contributed by atoms with Crippen LogP contribution in [0.1, 0.15) is 48.7 Å². The Bertz CT molecular complexity index is 759. The van der Waals surface area contributed by atoms with E-state index >= 15 is 0 Å². The maximum Gasteiger partial charge on any atom is 0.272 e. The lowest BCUT2D eigenvalue weighted by atomic mass is 9.89. The number of ether oxygens (including phenoxy) is 2. The second-order valence-electron chi connectivity index (χ2n) is 7.12. The van der Waals surface area contributed by atoms with E-state index in [1.54, 1.807) is 16.9 Å². The summed E-state index contributed by atoms with van der Waals surface area (Å²) in [4.78, 5) is 16.6. The number of nitrogens with zero attached hydrogens (tertiary/aromatic N) is 3. The fourth-order valence-electron chi connectivity index (χ4n) is 3.44. The Morgan fingerprint density at radius 1 is 1.35 bits per heavy atom. The third kappa shape index (κ3) is 3.81. The summed E-state index contributed by atoms with van der Waals surface area (Å²) < 4.78 is 13.1. The highest BCUT2D eigenvalue weighted by Crippen LogP contribution is 2.26. The van der Waals surface area contributed by atoms with Crippen LogP contribution in [0, 0.1) is 5.92 Å². The topological polar surface area (TPSA) is 78.3 Å². The molecule has 0 saturated heterocycles. The summed E-state index contributed by atoms with van der Waals surface area (Å²) in [5.74, 6) is 1.86. The van der Waals surface area contributed by atoms with Gasteiger partial charge in [0.25, 0.3) is 5.91 Å². The minimum Gasteiger partial charge on any atom is -0.476 e. The van der Waals surface area contributed by atoms with E-state index in [1.165, 1.54) is 12.8 Å². The maximum atomic E-state index is 12.3. The molecule has 0 unspecified atom stereocenters. The summed E-state index contributed by atoms with van der Waals surface area (Å²) in [6.45, 7) is 4.00. The minimum absolute atomic E-state index is 0.212. The Hall–Kier alpha value is -2.57. The van der Waals surface area contributed by atoms with E-state index < -0.39 is 0 Å². The predicted molar refractivity (Wildman–Crippen MR) is 95.2 cm³/mol. The Balaban J connectivity index is 1.32. The molecular formula is C19H24N4O3. The first kappa shape index (κ1) is 16.9. The van der Waals surface area contributed by atoms with Crippen molar-refractivity contribution in [3.05, 3.63) is 35.7 Å². The van der Waals surface area contributed by atoms with Crippen molar-refractivity contribution >= 4 is 5.91 Å². The number of hydrogen-bond acceptors (Lipinski definition) is 5. The zero-order valence-electron chi connectivity index (χ0n) is 15.0. The Kier molecular flexibility index (Phi) is 4.77. The molecule has 2 aromatic rings. The quantitative estimate of drug-likeness (QED) is 0.891. The van der Waals surface area contributed by atoms with Crippen molar-refractivity contribution in [2.24, 2.45) is 5.92 Å². The molecule has 1 saturated carbocycles. The van der Waals surface area contributed by atoms with Gasteiger partial charge in [0.05, 0.1) is 6.54 Å². The van der Waals surface area contributed by atoms with Gasteiger partial charge in [-0.15, -0.1) is 0 Å². The van der Waals surface area contributed by atoms with E-state index in [9.17, 15) is 4.79 Å². The summed E-state index contributed by atoms with van der Waals surface area (Å²) in [6, 6.07) is 5.45. The number of carbonyl (C=O) groups is 1. The van der Waals surface area contributed by atoms with Crippen LogP contribution in [0.3, 0.4) is 0 Å². The first-order valence-electron chi connectivity index (χ1n) is 9.28. The highest BCUT2D eigenvalue weighted by atomic mass is 16.5. The average Bonchev–Trinajstić information content (AvgIpc) is 3.24. The molecular weight excluding hydrogens is 332 g/mol. The number of carbonyl (C=O) groups excluding carboxylic acids is 1. The SMILES string of the molecule is CC1CCC(Oc2cc(CNC(=O)c3cc4n(n3)CCO4)ccn2)CC1. The Morgan fingerprint density at radius 2 is 2.19 bits per heavy atom. The van der Waals surface area contributed by atoms with E-state index in [0.717, 1.165) is 24.3 Å². The maximum absolute atomic E-state index is 12.3. The van der Waals surface area contributed by atoms with Crippen LogP contribution < -0.4 is 14.8 Å². The van der Waals surface area contributed by atoms with Gasteiger partial charge in [-0.2, -0.15) is 5.10 Å². The molecule has 1 aliphatic heterocycles. The molecule has 0 atom stereocenters. The van der Waals surface area contributed by atoms with Crippen molar-refractivity contribution in [1.82, 2.24) is 20.1 Å². The van der Waals surface area contributed by atoms with Crippen LogP contribution in [0.25, 0.3) is 0 Å². The van der Waals surface area contributed by atoms with E-state index in [1.807, 2.05) is 12.1 Å². The van der Waals surface area contributed by atoms with Gasteiger partial charge in [-0.1, -0.05) is 6.92 Å². The molecule has 0 bridgehead atoms. The fraction of sp³-hybridized carbons (Fsp3) is 0.526. The highest BCUT2D eigenvalue weighted by Gasteiger charge is 2.21. The lowest BCUT2D eigenvalue weighted by Crippen LogP contribution is -2.24. The van der Waals surface area contributed by atoms with E-state index in [4.69, 9.17) is 9.47 Å². The standard InChI is InChI=1S/C19H24N4O3/c1-13-2-4-15(5-3-13)26-17-10-14(6-7-20-17)12-21-19(24)16-11-18-23(22-16)8-9-25-18/h6-7,10-11,13,15H,2-5,8-9,12H2,1H3,(H,21,24). The lowest BCUT2D eigenvalue weighted by Gasteiger charge is -2.26. The second kappa shape index (κ2) is 7.35. The van der Waals surface area contributed by atoms with E-state index in [-0.39, 0.29) is 12.0 Å². The first-order chi connectivity index (χ1) is 12.7. The van der Waals surface area contributed by atoms with Crippen molar-refractivity contribution in [3.63, 3.8) is 0 Å². The summed E-state index contributed by atoms with van der Waals surface area (Å²) >= 11 is 0. The molecule has 1 fully saturated rings. The monoisotopic (exact) mass is 356 g/mol. The third-order valence-electron chi connectivity index (χ3n) is 5.03. The third-order valence-corrected chi connectivity index (χ3v) is 5.03. The molecule has 4 rings (SSSR count). The van der Waals surface area contributed by atoms with Crippen molar-refractivity contribution in [2.45, 2.75) is 51.8 Å². The van der Waals surface area contributed by atoms with Gasteiger partial charge < -0.3 is 14.8 Å². The molecule has 2 aliphatic rings. The fourth-order valence-corrected chi connectivity index (χ4v) is 3.44. The molecule has 1 N–H and O–H groups in total. The molecule has 0 spiro atoms. The van der Waals surface area contributed by atoms with Crippen molar-refractivity contribution in [2.75, 3.05) is 6.61 Å². The van der Waals surface area contributed by atoms with Gasteiger partial charge in [0.15, 0.2) is 5.69 Å². The van der Waals surface area contributed by atoms with Crippen molar-refractivity contribution in [3.8, 4) is 11.8 Å². The van der Waals surface area contributed by atoms with E-state index in [0.29, 0.717) is 37.2 Å². The number of hydrogen-bond donors (Lipinski definition) is 1. The first-order valence-corrected chi connectivity index (χ1v) is 9.28. The minimum atomic E-state index is -0.212. The Labute approximate surface area is 152 Å². The van der Waals surface area contributed by atoms with Crippen molar-refractivity contribution in [1.29, 1.82) is 0 Å². The van der Waals surface area contributed by atoms with Gasteiger partial charge in [-0.05, 0) is 43.2 Å². The normalized spacial score (nSPS) is 21.7. The smallest absolute Gasteiger partial charge is 0.272 e. The number of fused-ring (bicyclic) bond motifs is 1. The summed E-state index contributed by atoms with van der Waals surface area (Å²) in [6.07, 6.45) is 6.54. The van der Waals surface area contributed by atoms with E-state index in [2.05, 4.69) is 22.3 Å². The van der Waals surface area contributed by atoms with Crippen LogP contribution in [0.15, 0.2) is 24.4 Å². The number of pyridine rings is 1. The molecule has 26 heavy (non-hydrogen) atoms. The highest BCUT2D eigenvalue weighted by molar-refractivity contribution is 5.92. The van der Waals surface area contributed by atoms with Gasteiger partial charge in [0, 0.05) is 24.9 Å². The molecule has 138 valence electrons. The molecule has 2 aromatic heterocycles. The van der Waals surface area contributed by atoms with Crippen LogP contribution in [0.5, 0.6) is 11.8 Å². The second-order valence-corrected chi connectivity index (χ2v) is 7.12. The van der Waals surface area contributed by atoms with Gasteiger partial charge in [0.2, 0.25) is 11.8 Å². The average molecular weight is 356 g/mol. The summed E-state index contributed by atoms with van der Waals surface area (Å²) in [5, 5.41) is 7.13. The number of amides is 1. The largest absolute Gasteiger partial charge is 0.476 e. The van der Waals surface area contributed by atoms with Gasteiger partial charge in [0.1, 0.15) is 12.7 Å². The van der Waals surface area contributed by atoms with Crippen LogP contribution in [-0.4, -0.2) is 33.4 Å². The Morgan fingerprint density at radius 3 is 3.00 bits per heavy atom. The molecule has 7 nitrogen and oxygen atoms in total. The zero-order chi connectivity index (χ0) is 17.9.